The van der Waals surface area contributed by atoms with Crippen LogP contribution < -0.4 is 10.0 Å². The number of nitrogens with one attached hydrogen (secondary N) is 2. The number of rotatable bonds is 12. The van der Waals surface area contributed by atoms with Gasteiger partial charge < -0.3 is 15.0 Å². The fraction of sp³-hybridized carbons (Fsp3) is 0.583. The van der Waals surface area contributed by atoms with E-state index >= 15 is 0 Å². The van der Waals surface area contributed by atoms with Crippen molar-refractivity contribution in [2.75, 3.05) is 17.5 Å². The van der Waals surface area contributed by atoms with Crippen molar-refractivity contribution < 1.29 is 17.9 Å². The molecule has 0 radical (unpaired) electrons. The molecule has 2 rings (SSSR count). The van der Waals surface area contributed by atoms with E-state index in [0.29, 0.717) is 22.8 Å². The van der Waals surface area contributed by atoms with Crippen LogP contribution >= 0.6 is 12.2 Å². The van der Waals surface area contributed by atoms with Crippen molar-refractivity contribution in [1.82, 2.24) is 10.2 Å². The molecule has 1 aliphatic heterocycles. The Balaban J connectivity index is 2.10. The van der Waals surface area contributed by atoms with Gasteiger partial charge in [-0.05, 0) is 57.1 Å². The van der Waals surface area contributed by atoms with E-state index in [1.807, 2.05) is 6.92 Å². The van der Waals surface area contributed by atoms with Crippen LogP contribution in [0, 0.1) is 0 Å². The minimum Gasteiger partial charge on any atom is -0.459 e. The van der Waals surface area contributed by atoms with E-state index in [0.717, 1.165) is 30.5 Å². The summed E-state index contributed by atoms with van der Waals surface area (Å²) in [6.07, 6.45) is 5.91. The molecule has 0 spiro atoms. The standard InChI is InChI=1S/C24H37N3O4S2/c1-6-7-8-9-10-11-16-33(29,30)26-20-14-12-19(13-15-20)22-21(23(28)31-17(2)3)18(4)27(5)24(32)25-22/h12-15,17,22,26H,6-11,16H2,1-5H3,(H,25,32). The Morgan fingerprint density at radius 2 is 1.76 bits per heavy atom. The van der Waals surface area contributed by atoms with Gasteiger partial charge in [-0.15, -0.1) is 0 Å². The summed E-state index contributed by atoms with van der Waals surface area (Å²) < 4.78 is 33.0. The zero-order valence-electron chi connectivity index (χ0n) is 20.3. The maximum atomic E-state index is 12.8. The van der Waals surface area contributed by atoms with Gasteiger partial charge in [0, 0.05) is 18.4 Å². The molecule has 33 heavy (non-hydrogen) atoms. The SMILES string of the molecule is CCCCCCCCS(=O)(=O)Nc1ccc(C2NC(=S)N(C)C(C)=C2C(=O)OC(C)C)cc1. The van der Waals surface area contributed by atoms with E-state index < -0.39 is 22.0 Å². The van der Waals surface area contributed by atoms with Gasteiger partial charge in [0.15, 0.2) is 5.11 Å². The highest BCUT2D eigenvalue weighted by Gasteiger charge is 2.33. The number of ether oxygens (including phenoxy) is 1. The van der Waals surface area contributed by atoms with Crippen molar-refractivity contribution in [3.05, 3.63) is 41.1 Å². The van der Waals surface area contributed by atoms with Crippen LogP contribution in [0.4, 0.5) is 5.69 Å². The van der Waals surface area contributed by atoms with E-state index in [2.05, 4.69) is 17.0 Å². The monoisotopic (exact) mass is 495 g/mol. The summed E-state index contributed by atoms with van der Waals surface area (Å²) in [5.74, 6) is -0.295. The number of anilines is 1. The molecular weight excluding hydrogens is 458 g/mol. The van der Waals surface area contributed by atoms with Crippen LogP contribution in [-0.2, 0) is 19.6 Å². The third-order valence-corrected chi connectivity index (χ3v) is 7.37. The fourth-order valence-corrected chi connectivity index (χ4v) is 5.11. The lowest BCUT2D eigenvalue weighted by Gasteiger charge is -2.35. The van der Waals surface area contributed by atoms with E-state index in [1.165, 1.54) is 12.8 Å². The number of nitrogens with zero attached hydrogens (tertiary/aromatic N) is 1. The van der Waals surface area contributed by atoms with Crippen LogP contribution in [0.2, 0.25) is 0 Å². The topological polar surface area (TPSA) is 87.7 Å². The van der Waals surface area contributed by atoms with E-state index in [-0.39, 0.29) is 11.9 Å². The number of hydrogen-bond acceptors (Lipinski definition) is 5. The van der Waals surface area contributed by atoms with Gasteiger partial charge >= 0.3 is 5.97 Å². The highest BCUT2D eigenvalue weighted by Crippen LogP contribution is 2.31. The van der Waals surface area contributed by atoms with Gasteiger partial charge in [0.05, 0.1) is 23.5 Å². The van der Waals surface area contributed by atoms with Crippen LogP contribution in [0.25, 0.3) is 0 Å². The maximum absolute atomic E-state index is 12.8. The number of hydrogen-bond donors (Lipinski definition) is 2. The highest BCUT2D eigenvalue weighted by molar-refractivity contribution is 7.92. The second-order valence-corrected chi connectivity index (χ2v) is 10.9. The molecule has 2 N–H and O–H groups in total. The molecule has 0 fully saturated rings. The van der Waals surface area contributed by atoms with Gasteiger partial charge in [-0.1, -0.05) is 51.2 Å². The predicted molar refractivity (Wildman–Crippen MR) is 137 cm³/mol. The van der Waals surface area contributed by atoms with Crippen molar-refractivity contribution in [2.45, 2.75) is 78.4 Å². The molecule has 7 nitrogen and oxygen atoms in total. The van der Waals surface area contributed by atoms with Crippen molar-refractivity contribution in [1.29, 1.82) is 0 Å². The molecule has 1 aromatic carbocycles. The van der Waals surface area contributed by atoms with Gasteiger partial charge in [0.1, 0.15) is 0 Å². The van der Waals surface area contributed by atoms with Gasteiger partial charge in [-0.25, -0.2) is 13.2 Å². The summed E-state index contributed by atoms with van der Waals surface area (Å²) in [6, 6.07) is 6.53. The predicted octanol–water partition coefficient (Wildman–Crippen LogP) is 4.88. The van der Waals surface area contributed by atoms with E-state index in [9.17, 15) is 13.2 Å². The molecule has 0 saturated carbocycles. The average molecular weight is 496 g/mol. The maximum Gasteiger partial charge on any atom is 0.338 e. The van der Waals surface area contributed by atoms with Crippen LogP contribution in [-0.4, -0.2) is 43.3 Å². The second kappa shape index (κ2) is 12.4. The lowest BCUT2D eigenvalue weighted by molar-refractivity contribution is -0.143. The quantitative estimate of drug-likeness (QED) is 0.243. The Bertz CT molecular complexity index is 956. The zero-order valence-corrected chi connectivity index (χ0v) is 21.9. The molecule has 0 amide bonds. The number of unbranched alkanes of at least 4 members (excludes halogenated alkanes) is 5. The van der Waals surface area contributed by atoms with Crippen LogP contribution in [0.3, 0.4) is 0 Å². The molecule has 1 heterocycles. The molecule has 1 aliphatic rings. The lowest BCUT2D eigenvalue weighted by Crippen LogP contribution is -2.46. The van der Waals surface area contributed by atoms with Crippen molar-refractivity contribution >= 4 is 39.0 Å². The molecule has 9 heteroatoms. The van der Waals surface area contributed by atoms with Crippen LogP contribution in [0.5, 0.6) is 0 Å². The number of esters is 1. The highest BCUT2D eigenvalue weighted by atomic mass is 32.2. The number of sulfonamides is 1. The lowest BCUT2D eigenvalue weighted by atomic mass is 9.95. The van der Waals surface area contributed by atoms with Crippen LogP contribution in [0.15, 0.2) is 35.5 Å². The van der Waals surface area contributed by atoms with Gasteiger partial charge in [-0.2, -0.15) is 0 Å². The molecule has 1 unspecified atom stereocenters. The Hall–Kier alpha value is -2.13. The molecular formula is C24H37N3O4S2. The number of thiocarbonyl (C=S) groups is 1. The molecule has 1 aromatic rings. The second-order valence-electron chi connectivity index (χ2n) is 8.71. The molecule has 0 aliphatic carbocycles. The molecule has 0 saturated heterocycles. The largest absolute Gasteiger partial charge is 0.459 e. The number of carbonyl (C=O) groups is 1. The first-order valence-electron chi connectivity index (χ1n) is 11.6. The molecule has 184 valence electrons. The molecule has 1 atom stereocenters. The van der Waals surface area contributed by atoms with Crippen molar-refractivity contribution in [2.24, 2.45) is 0 Å². The Labute approximate surface area is 204 Å². The minimum absolute atomic E-state index is 0.110. The summed E-state index contributed by atoms with van der Waals surface area (Å²) in [4.78, 5) is 14.6. The number of benzene rings is 1. The summed E-state index contributed by atoms with van der Waals surface area (Å²) in [7, 11) is -1.61. The fourth-order valence-electron chi connectivity index (χ4n) is 3.67. The van der Waals surface area contributed by atoms with Gasteiger partial charge in [0.25, 0.3) is 0 Å². The summed E-state index contributed by atoms with van der Waals surface area (Å²) >= 11 is 5.42. The van der Waals surface area contributed by atoms with Gasteiger partial charge in [-0.3, -0.25) is 4.72 Å². The average Bonchev–Trinajstić information content (AvgIpc) is 2.74. The summed E-state index contributed by atoms with van der Waals surface area (Å²) in [6.45, 7) is 7.60. The first-order chi connectivity index (χ1) is 15.6. The molecule has 0 aromatic heterocycles. The van der Waals surface area contributed by atoms with Gasteiger partial charge in [0.2, 0.25) is 10.0 Å². The number of allylic oxidation sites excluding steroid dienone is 1. The third kappa shape index (κ3) is 7.99. The van der Waals surface area contributed by atoms with Crippen molar-refractivity contribution in [3.8, 4) is 0 Å². The Morgan fingerprint density at radius 3 is 2.36 bits per heavy atom. The number of carbonyl (C=O) groups excluding carboxylic acids is 1. The summed E-state index contributed by atoms with van der Waals surface area (Å²) in [5, 5.41) is 3.70. The first kappa shape index (κ1) is 27.1. The Morgan fingerprint density at radius 1 is 1.15 bits per heavy atom. The smallest absolute Gasteiger partial charge is 0.338 e. The van der Waals surface area contributed by atoms with Crippen LogP contribution in [0.1, 0.15) is 77.8 Å². The minimum atomic E-state index is -3.40. The van der Waals surface area contributed by atoms with E-state index in [4.69, 9.17) is 17.0 Å². The van der Waals surface area contributed by atoms with E-state index in [1.54, 1.807) is 50.1 Å². The van der Waals surface area contributed by atoms with Crippen molar-refractivity contribution in [3.63, 3.8) is 0 Å². The molecule has 0 bridgehead atoms. The zero-order chi connectivity index (χ0) is 24.6. The Kier molecular flexibility index (Phi) is 10.2. The first-order valence-corrected chi connectivity index (χ1v) is 13.7. The third-order valence-electron chi connectivity index (χ3n) is 5.60. The summed E-state index contributed by atoms with van der Waals surface area (Å²) in [5.41, 5.74) is 2.49. The normalized spacial score (nSPS) is 16.7.